The van der Waals surface area contributed by atoms with Crippen LogP contribution in [-0.4, -0.2) is 31.2 Å². The van der Waals surface area contributed by atoms with Gasteiger partial charge in [-0.25, -0.2) is 0 Å². The first-order valence-electron chi connectivity index (χ1n) is 6.46. The highest BCUT2D eigenvalue weighted by atomic mass is 35.5. The second-order valence-electron chi connectivity index (χ2n) is 5.11. The second-order valence-corrected chi connectivity index (χ2v) is 7.28. The Morgan fingerprint density at radius 2 is 2.05 bits per heavy atom. The topological polar surface area (TPSA) is 108 Å². The number of hydrogen-bond donors (Lipinski definition) is 3. The molecule has 0 aliphatic carbocycles. The van der Waals surface area contributed by atoms with Crippen LogP contribution in [0.5, 0.6) is 0 Å². The van der Waals surface area contributed by atoms with Crippen LogP contribution in [0.1, 0.15) is 16.8 Å². The van der Waals surface area contributed by atoms with Gasteiger partial charge in [0.15, 0.2) is 0 Å². The summed E-state index contributed by atoms with van der Waals surface area (Å²) in [5.41, 5.74) is 2.48. The zero-order valence-corrected chi connectivity index (χ0v) is 13.4. The molecule has 2 aromatic rings. The van der Waals surface area contributed by atoms with Crippen molar-refractivity contribution in [2.24, 2.45) is 0 Å². The average Bonchev–Trinajstić information content (AvgIpc) is 2.38. The molecule has 22 heavy (non-hydrogen) atoms. The average molecular weight is 344 g/mol. The maximum atomic E-state index is 11.1. The Labute approximate surface area is 131 Å². The Morgan fingerprint density at radius 3 is 2.64 bits per heavy atom. The van der Waals surface area contributed by atoms with Gasteiger partial charge in [-0.1, -0.05) is 6.07 Å². The number of alkyl halides is 1. The molecule has 118 valence electrons. The molecule has 1 aromatic carbocycles. The third-order valence-electron chi connectivity index (χ3n) is 3.24. The SMILES string of the molecule is Cc1cc2nc(CC(Cl)C(=O)O)ccc2cc1CP(=O)(O)O. The molecule has 0 spiro atoms. The third kappa shape index (κ3) is 4.27. The highest BCUT2D eigenvalue weighted by molar-refractivity contribution is 7.50. The lowest BCUT2D eigenvalue weighted by Gasteiger charge is -2.10. The van der Waals surface area contributed by atoms with E-state index in [1.165, 1.54) is 0 Å². The minimum absolute atomic E-state index is 0.107. The quantitative estimate of drug-likeness (QED) is 0.568. The first kappa shape index (κ1) is 16.9. The summed E-state index contributed by atoms with van der Waals surface area (Å²) < 4.78 is 11.1. The van der Waals surface area contributed by atoms with Crippen molar-refractivity contribution in [3.8, 4) is 0 Å². The molecule has 3 N–H and O–H groups in total. The fraction of sp³-hybridized carbons (Fsp3) is 0.286. The number of hydrogen-bond acceptors (Lipinski definition) is 3. The summed E-state index contributed by atoms with van der Waals surface area (Å²) in [5, 5.41) is 8.51. The predicted molar refractivity (Wildman–Crippen MR) is 83.2 cm³/mol. The summed E-state index contributed by atoms with van der Waals surface area (Å²) in [4.78, 5) is 33.3. The standard InChI is InChI=1S/C14H15ClNO5P/c1-8-4-13-9(5-10(8)7-22(19,20)21)2-3-11(16-13)6-12(15)14(17)18/h2-5,12H,6-7H2,1H3,(H,17,18)(H2,19,20,21). The number of aryl methyl sites for hydroxylation is 1. The van der Waals surface area contributed by atoms with Crippen molar-refractivity contribution < 1.29 is 24.3 Å². The molecule has 6 nitrogen and oxygen atoms in total. The van der Waals surface area contributed by atoms with E-state index in [1.807, 2.05) is 0 Å². The minimum atomic E-state index is -4.14. The van der Waals surface area contributed by atoms with Gasteiger partial charge in [-0.05, 0) is 36.2 Å². The number of carboxylic acid groups (broad SMARTS) is 1. The lowest BCUT2D eigenvalue weighted by atomic mass is 10.1. The zero-order valence-electron chi connectivity index (χ0n) is 11.7. The van der Waals surface area contributed by atoms with Crippen LogP contribution in [0.3, 0.4) is 0 Å². The molecule has 0 aliphatic rings. The van der Waals surface area contributed by atoms with Crippen molar-refractivity contribution >= 4 is 36.1 Å². The van der Waals surface area contributed by atoms with Crippen molar-refractivity contribution in [3.05, 3.63) is 41.1 Å². The Bertz CT molecular complexity index is 773. The van der Waals surface area contributed by atoms with E-state index in [-0.39, 0.29) is 12.6 Å². The number of pyridine rings is 1. The fourth-order valence-corrected chi connectivity index (χ4v) is 3.08. The number of aromatic nitrogens is 1. The maximum Gasteiger partial charge on any atom is 0.329 e. The van der Waals surface area contributed by atoms with Crippen LogP contribution in [0.25, 0.3) is 10.9 Å². The monoisotopic (exact) mass is 343 g/mol. The van der Waals surface area contributed by atoms with E-state index in [0.29, 0.717) is 16.8 Å². The number of rotatable bonds is 5. The molecule has 0 saturated heterocycles. The number of carboxylic acids is 1. The molecule has 0 aliphatic heterocycles. The molecule has 0 saturated carbocycles. The normalized spacial score (nSPS) is 13.3. The van der Waals surface area contributed by atoms with Crippen LogP contribution in [0.15, 0.2) is 24.3 Å². The van der Waals surface area contributed by atoms with E-state index in [2.05, 4.69) is 4.98 Å². The molecule has 1 aromatic heterocycles. The van der Waals surface area contributed by atoms with Gasteiger partial charge >= 0.3 is 13.6 Å². The van der Waals surface area contributed by atoms with Crippen LogP contribution in [-0.2, 0) is 21.9 Å². The molecule has 1 atom stereocenters. The summed E-state index contributed by atoms with van der Waals surface area (Å²) in [6, 6.07) is 6.83. The first-order valence-corrected chi connectivity index (χ1v) is 8.70. The highest BCUT2D eigenvalue weighted by Crippen LogP contribution is 2.40. The number of fused-ring (bicyclic) bond motifs is 1. The van der Waals surface area contributed by atoms with Gasteiger partial charge in [-0.2, -0.15) is 0 Å². The first-order chi connectivity index (χ1) is 10.2. The van der Waals surface area contributed by atoms with Crippen molar-refractivity contribution in [2.45, 2.75) is 24.9 Å². The van der Waals surface area contributed by atoms with Crippen LogP contribution < -0.4 is 0 Å². The number of carbonyl (C=O) groups is 1. The van der Waals surface area contributed by atoms with Gasteiger partial charge in [-0.3, -0.25) is 14.3 Å². The minimum Gasteiger partial charge on any atom is -0.480 e. The van der Waals surface area contributed by atoms with Crippen LogP contribution in [0, 0.1) is 6.92 Å². The molecule has 0 amide bonds. The van der Waals surface area contributed by atoms with Gasteiger partial charge in [0, 0.05) is 17.5 Å². The number of aliphatic carboxylic acids is 1. The molecule has 0 bridgehead atoms. The van der Waals surface area contributed by atoms with Gasteiger partial charge in [-0.15, -0.1) is 11.6 Å². The molecule has 2 rings (SSSR count). The van der Waals surface area contributed by atoms with Crippen molar-refractivity contribution in [3.63, 3.8) is 0 Å². The summed E-state index contributed by atoms with van der Waals surface area (Å²) in [6.07, 6.45) is -0.213. The van der Waals surface area contributed by atoms with Crippen molar-refractivity contribution in [2.75, 3.05) is 0 Å². The number of nitrogens with zero attached hydrogens (tertiary/aromatic N) is 1. The zero-order chi connectivity index (χ0) is 16.5. The number of benzene rings is 1. The van der Waals surface area contributed by atoms with Crippen molar-refractivity contribution in [1.29, 1.82) is 0 Å². The van der Waals surface area contributed by atoms with E-state index < -0.39 is 18.9 Å². The Hall–Kier alpha value is -1.46. The highest BCUT2D eigenvalue weighted by Gasteiger charge is 2.17. The molecular weight excluding hydrogens is 329 g/mol. The summed E-state index contributed by atoms with van der Waals surface area (Å²) in [7, 11) is -4.14. The Morgan fingerprint density at radius 1 is 1.36 bits per heavy atom. The third-order valence-corrected chi connectivity index (χ3v) is 4.33. The van der Waals surface area contributed by atoms with Gasteiger partial charge in [0.05, 0.1) is 11.7 Å². The molecule has 8 heteroatoms. The second kappa shape index (κ2) is 6.34. The van der Waals surface area contributed by atoms with Gasteiger partial charge in [0.2, 0.25) is 0 Å². The molecule has 0 radical (unpaired) electrons. The van der Waals surface area contributed by atoms with Crippen LogP contribution in [0.4, 0.5) is 0 Å². The largest absolute Gasteiger partial charge is 0.480 e. The lowest BCUT2D eigenvalue weighted by molar-refractivity contribution is -0.136. The van der Waals surface area contributed by atoms with E-state index in [4.69, 9.17) is 26.5 Å². The van der Waals surface area contributed by atoms with Crippen LogP contribution >= 0.6 is 19.2 Å². The Balaban J connectivity index is 2.37. The van der Waals surface area contributed by atoms with Gasteiger partial charge < -0.3 is 14.9 Å². The maximum absolute atomic E-state index is 11.1. The molecule has 1 heterocycles. The summed E-state index contributed by atoms with van der Waals surface area (Å²) >= 11 is 5.70. The van der Waals surface area contributed by atoms with E-state index in [1.54, 1.807) is 31.2 Å². The fourth-order valence-electron chi connectivity index (χ4n) is 2.14. The molecule has 1 unspecified atom stereocenters. The van der Waals surface area contributed by atoms with E-state index >= 15 is 0 Å². The van der Waals surface area contributed by atoms with E-state index in [0.717, 1.165) is 10.9 Å². The molecular formula is C14H15ClNO5P. The van der Waals surface area contributed by atoms with Gasteiger partial charge in [0.25, 0.3) is 0 Å². The van der Waals surface area contributed by atoms with Gasteiger partial charge in [0.1, 0.15) is 5.38 Å². The smallest absolute Gasteiger partial charge is 0.329 e. The summed E-state index contributed by atoms with van der Waals surface area (Å²) in [5.74, 6) is -1.10. The van der Waals surface area contributed by atoms with Crippen LogP contribution in [0.2, 0.25) is 0 Å². The lowest BCUT2D eigenvalue weighted by Crippen LogP contribution is -2.16. The number of halogens is 1. The summed E-state index contributed by atoms with van der Waals surface area (Å²) in [6.45, 7) is 1.75. The Kier molecular flexibility index (Phi) is 4.87. The van der Waals surface area contributed by atoms with Crippen molar-refractivity contribution in [1.82, 2.24) is 4.98 Å². The van der Waals surface area contributed by atoms with E-state index in [9.17, 15) is 9.36 Å². The molecule has 0 fully saturated rings. The predicted octanol–water partition coefficient (Wildman–Crippen LogP) is 2.46.